The molecule has 0 aromatic carbocycles. The number of hydrogen-bond acceptors (Lipinski definition) is 5. The molecule has 0 aliphatic heterocycles. The van der Waals surface area contributed by atoms with Gasteiger partial charge >= 0.3 is 7.82 Å². The number of carbonyl (C=O) groups excluding carboxylic acids is 1. The van der Waals surface area contributed by atoms with Crippen LogP contribution in [0.3, 0.4) is 0 Å². The van der Waals surface area contributed by atoms with Crippen LogP contribution >= 0.6 is 7.82 Å². The molecule has 0 saturated heterocycles. The number of quaternary nitrogens is 1. The molecule has 0 aromatic rings. The highest BCUT2D eigenvalue weighted by Gasteiger charge is 2.28. The van der Waals surface area contributed by atoms with Gasteiger partial charge in [0.25, 0.3) is 0 Å². The van der Waals surface area contributed by atoms with Crippen molar-refractivity contribution in [1.29, 1.82) is 0 Å². The molecule has 0 aliphatic carbocycles. The first-order valence-corrected chi connectivity index (χ1v) is 34.8. The molecule has 0 aromatic heterocycles. The van der Waals surface area contributed by atoms with Gasteiger partial charge in [-0.3, -0.25) is 13.8 Å². The summed E-state index contributed by atoms with van der Waals surface area (Å²) in [5.41, 5.74) is 0. The Morgan fingerprint density at radius 2 is 0.769 bits per heavy atom. The van der Waals surface area contributed by atoms with Gasteiger partial charge < -0.3 is 19.8 Å². The van der Waals surface area contributed by atoms with E-state index in [0.717, 1.165) is 89.9 Å². The average Bonchev–Trinajstić information content (AvgIpc) is 3.41. The van der Waals surface area contributed by atoms with Crippen molar-refractivity contribution in [2.45, 2.75) is 321 Å². The second-order valence-electron chi connectivity index (χ2n) is 23.8. The van der Waals surface area contributed by atoms with E-state index in [9.17, 15) is 19.4 Å². The number of carbonyl (C=O) groups is 1. The normalized spacial score (nSPS) is 14.2. The summed E-state index contributed by atoms with van der Waals surface area (Å²) in [7, 11) is 1.60. The fourth-order valence-corrected chi connectivity index (χ4v) is 10.6. The van der Waals surface area contributed by atoms with E-state index in [1.165, 1.54) is 193 Å². The molecule has 0 bridgehead atoms. The van der Waals surface area contributed by atoms with Crippen molar-refractivity contribution in [3.05, 3.63) is 72.9 Å². The third-order valence-electron chi connectivity index (χ3n) is 15.0. The molecular weight excluding hydrogens is 984 g/mol. The van der Waals surface area contributed by atoms with E-state index in [0.29, 0.717) is 23.9 Å². The number of likely N-dealkylation sites (N-methyl/N-ethyl adjacent to an activating group) is 1. The van der Waals surface area contributed by atoms with Crippen LogP contribution in [-0.4, -0.2) is 73.4 Å². The highest BCUT2D eigenvalue weighted by molar-refractivity contribution is 7.47. The van der Waals surface area contributed by atoms with Crippen molar-refractivity contribution in [2.24, 2.45) is 0 Å². The van der Waals surface area contributed by atoms with Gasteiger partial charge in [-0.25, -0.2) is 4.57 Å². The maximum atomic E-state index is 13.0. The quantitative estimate of drug-likeness (QED) is 0.0243. The lowest BCUT2D eigenvalue weighted by molar-refractivity contribution is -0.870. The van der Waals surface area contributed by atoms with Crippen molar-refractivity contribution in [2.75, 3.05) is 40.9 Å². The predicted octanol–water partition coefficient (Wildman–Crippen LogP) is 21.0. The van der Waals surface area contributed by atoms with Gasteiger partial charge in [0.05, 0.1) is 39.9 Å². The van der Waals surface area contributed by atoms with Gasteiger partial charge in [-0.05, 0) is 64.2 Å². The Morgan fingerprint density at radius 3 is 1.13 bits per heavy atom. The first-order chi connectivity index (χ1) is 38.0. The highest BCUT2D eigenvalue weighted by Crippen LogP contribution is 2.43. The molecule has 0 rings (SSSR count). The molecule has 9 heteroatoms. The molecule has 0 radical (unpaired) electrons. The molecule has 1 amide bonds. The summed E-state index contributed by atoms with van der Waals surface area (Å²) in [4.78, 5) is 23.4. The Hall–Kier alpha value is -2.06. The number of nitrogens with one attached hydrogen (secondary N) is 1. The molecule has 456 valence electrons. The second-order valence-corrected chi connectivity index (χ2v) is 25.3. The lowest BCUT2D eigenvalue weighted by Gasteiger charge is -2.26. The summed E-state index contributed by atoms with van der Waals surface area (Å²) in [6.45, 7) is 4.79. The van der Waals surface area contributed by atoms with Gasteiger partial charge in [-0.2, -0.15) is 0 Å². The molecule has 78 heavy (non-hydrogen) atoms. The Labute approximate surface area is 484 Å². The molecule has 0 heterocycles. The van der Waals surface area contributed by atoms with Gasteiger partial charge in [0, 0.05) is 6.42 Å². The van der Waals surface area contributed by atoms with Crippen molar-refractivity contribution in [1.82, 2.24) is 5.32 Å². The lowest BCUT2D eigenvalue weighted by Crippen LogP contribution is -2.46. The fraction of sp³-hybridized carbons (Fsp3) is 0.812. The van der Waals surface area contributed by atoms with Crippen molar-refractivity contribution >= 4 is 13.7 Å². The van der Waals surface area contributed by atoms with E-state index in [1.54, 1.807) is 0 Å². The van der Waals surface area contributed by atoms with E-state index in [4.69, 9.17) is 9.05 Å². The minimum atomic E-state index is -4.34. The zero-order chi connectivity index (χ0) is 57.0. The summed E-state index contributed by atoms with van der Waals surface area (Å²) in [5, 5.41) is 14.1. The molecule has 0 aliphatic rings. The predicted molar refractivity (Wildman–Crippen MR) is 341 cm³/mol. The largest absolute Gasteiger partial charge is 0.472 e. The van der Waals surface area contributed by atoms with Crippen LogP contribution in [0.1, 0.15) is 309 Å². The fourth-order valence-electron chi connectivity index (χ4n) is 9.82. The first-order valence-electron chi connectivity index (χ1n) is 33.3. The lowest BCUT2D eigenvalue weighted by atomic mass is 10.0. The average molecular weight is 1110 g/mol. The number of amides is 1. The van der Waals surface area contributed by atoms with Crippen LogP contribution in [0.2, 0.25) is 0 Å². The number of allylic oxidation sites excluding steroid dienone is 12. The Bertz CT molecular complexity index is 1500. The van der Waals surface area contributed by atoms with Crippen LogP contribution in [0, 0.1) is 0 Å². The zero-order valence-electron chi connectivity index (χ0n) is 52.2. The third-order valence-corrected chi connectivity index (χ3v) is 16.0. The standard InChI is InChI=1S/C69H129N2O6P/c1-6-8-10-12-14-16-18-20-22-24-26-28-30-32-33-34-35-36-37-39-40-42-44-46-48-50-52-54-56-58-60-62-68(72)67(66-77-78(74,75)76-65-64-71(3,4)5)70-69(73)63-61-59-57-55-53-51-49-47-45-43-41-38-31-29-27-25-23-21-19-17-15-13-11-9-7-2/h9,11,15,17,21,23,27,29,38,41,45,47,67-68,72H,6-8,10,12-14,16,18-20,22,24-26,28,30-37,39-40,42-44,46,48-66H2,1-5H3,(H-,70,73,74,75)/p+1/b11-9-,17-15-,23-21-,29-27-,41-38-,47-45-. The van der Waals surface area contributed by atoms with Crippen molar-refractivity contribution in [3.8, 4) is 0 Å². The van der Waals surface area contributed by atoms with E-state index in [-0.39, 0.29) is 19.1 Å². The van der Waals surface area contributed by atoms with Crippen LogP contribution in [-0.2, 0) is 18.4 Å². The number of aliphatic hydroxyl groups excluding tert-OH is 1. The number of rotatable bonds is 61. The molecule has 0 spiro atoms. The van der Waals surface area contributed by atoms with E-state index >= 15 is 0 Å². The molecule has 0 fully saturated rings. The number of hydrogen-bond donors (Lipinski definition) is 3. The number of unbranched alkanes of at least 4 members (excludes halogenated alkanes) is 36. The van der Waals surface area contributed by atoms with Crippen LogP contribution in [0.15, 0.2) is 72.9 Å². The van der Waals surface area contributed by atoms with E-state index in [2.05, 4.69) is 92.1 Å². The summed E-state index contributed by atoms with van der Waals surface area (Å²) in [6.07, 6.45) is 82.8. The molecule has 0 saturated carbocycles. The molecular formula is C69H130N2O6P+. The van der Waals surface area contributed by atoms with Gasteiger partial charge in [0.2, 0.25) is 5.91 Å². The van der Waals surface area contributed by atoms with E-state index < -0.39 is 20.0 Å². The highest BCUT2D eigenvalue weighted by atomic mass is 31.2. The summed E-state index contributed by atoms with van der Waals surface area (Å²) >= 11 is 0. The van der Waals surface area contributed by atoms with Crippen LogP contribution in [0.5, 0.6) is 0 Å². The number of nitrogens with zero attached hydrogens (tertiary/aromatic N) is 1. The summed E-state index contributed by atoms with van der Waals surface area (Å²) in [5.74, 6) is -0.157. The van der Waals surface area contributed by atoms with Crippen LogP contribution in [0.4, 0.5) is 0 Å². The van der Waals surface area contributed by atoms with Crippen molar-refractivity contribution < 1.29 is 32.9 Å². The second kappa shape index (κ2) is 59.6. The SMILES string of the molecule is CC/C=C\C/C=C\C/C=C\C/C=C\C/C=C\C/C=C\CCCCCCCCC(=O)NC(COP(=O)(O)OCC[N+](C)(C)C)C(O)CCCCCCCCCCCCCCCCCCCCCCCCCCCCCCCCC. The van der Waals surface area contributed by atoms with Crippen LogP contribution < -0.4 is 5.32 Å². The zero-order valence-corrected chi connectivity index (χ0v) is 53.0. The topological polar surface area (TPSA) is 105 Å². The monoisotopic (exact) mass is 1110 g/mol. The smallest absolute Gasteiger partial charge is 0.391 e. The maximum absolute atomic E-state index is 13.0. The Balaban J connectivity index is 4.10. The number of phosphoric acid groups is 1. The minimum absolute atomic E-state index is 0.0685. The molecule has 3 atom stereocenters. The van der Waals surface area contributed by atoms with Gasteiger partial charge in [0.15, 0.2) is 0 Å². The number of phosphoric ester groups is 1. The Kier molecular flexibility index (Phi) is 58.0. The first kappa shape index (κ1) is 75.9. The molecule has 3 N–H and O–H groups in total. The van der Waals surface area contributed by atoms with Gasteiger partial charge in [-0.1, -0.05) is 311 Å². The minimum Gasteiger partial charge on any atom is -0.391 e. The van der Waals surface area contributed by atoms with Crippen LogP contribution in [0.25, 0.3) is 0 Å². The Morgan fingerprint density at radius 1 is 0.449 bits per heavy atom. The third kappa shape index (κ3) is 61.6. The van der Waals surface area contributed by atoms with Crippen molar-refractivity contribution in [3.63, 3.8) is 0 Å². The molecule has 3 unspecified atom stereocenters. The van der Waals surface area contributed by atoms with E-state index in [1.807, 2.05) is 21.1 Å². The molecule has 8 nitrogen and oxygen atoms in total. The van der Waals surface area contributed by atoms with Gasteiger partial charge in [0.1, 0.15) is 13.2 Å². The number of aliphatic hydroxyl groups is 1. The van der Waals surface area contributed by atoms with Gasteiger partial charge in [-0.15, -0.1) is 0 Å². The maximum Gasteiger partial charge on any atom is 0.472 e. The summed E-state index contributed by atoms with van der Waals surface area (Å²) in [6, 6.07) is -0.775. The summed E-state index contributed by atoms with van der Waals surface area (Å²) < 4.78 is 23.9.